The van der Waals surface area contributed by atoms with E-state index in [0.717, 1.165) is 5.56 Å². The SMILES string of the molecule is COc1ccc(C#N)cc1COc1cc(Cl)ccc1N. The van der Waals surface area contributed by atoms with E-state index in [1.54, 1.807) is 43.5 Å². The minimum atomic E-state index is 0.239. The zero-order valence-electron chi connectivity index (χ0n) is 10.9. The number of nitriles is 1. The number of nitrogen functional groups attached to an aromatic ring is 1. The molecule has 5 heteroatoms. The van der Waals surface area contributed by atoms with E-state index >= 15 is 0 Å². The second-order valence-corrected chi connectivity index (χ2v) is 4.55. The summed E-state index contributed by atoms with van der Waals surface area (Å²) in [7, 11) is 1.57. The molecule has 0 aliphatic rings. The molecule has 0 aromatic heterocycles. The summed E-state index contributed by atoms with van der Waals surface area (Å²) in [5, 5.41) is 9.47. The molecule has 0 radical (unpaired) electrons. The van der Waals surface area contributed by atoms with E-state index in [0.29, 0.717) is 27.8 Å². The molecule has 2 N–H and O–H groups in total. The van der Waals surface area contributed by atoms with Gasteiger partial charge in [0.15, 0.2) is 0 Å². The first-order valence-corrected chi connectivity index (χ1v) is 6.26. The molecule has 0 unspecified atom stereocenters. The monoisotopic (exact) mass is 288 g/mol. The maximum atomic E-state index is 8.92. The van der Waals surface area contributed by atoms with Crippen LogP contribution in [0.5, 0.6) is 11.5 Å². The number of methoxy groups -OCH3 is 1. The molecule has 0 aliphatic carbocycles. The maximum Gasteiger partial charge on any atom is 0.144 e. The number of anilines is 1. The summed E-state index contributed by atoms with van der Waals surface area (Å²) in [6, 6.07) is 12.3. The first-order valence-electron chi connectivity index (χ1n) is 5.89. The van der Waals surface area contributed by atoms with Crippen molar-refractivity contribution in [3.8, 4) is 17.6 Å². The van der Waals surface area contributed by atoms with Crippen LogP contribution in [0.4, 0.5) is 5.69 Å². The van der Waals surface area contributed by atoms with Gasteiger partial charge in [0.25, 0.3) is 0 Å². The van der Waals surface area contributed by atoms with Gasteiger partial charge < -0.3 is 15.2 Å². The molecule has 102 valence electrons. The number of benzene rings is 2. The van der Waals surface area contributed by atoms with Gasteiger partial charge in [-0.3, -0.25) is 0 Å². The van der Waals surface area contributed by atoms with E-state index in [9.17, 15) is 0 Å². The van der Waals surface area contributed by atoms with Crippen LogP contribution in [0.2, 0.25) is 5.02 Å². The first-order chi connectivity index (χ1) is 9.63. The standard InChI is InChI=1S/C15H13ClN2O2/c1-19-14-5-2-10(8-17)6-11(14)9-20-15-7-12(16)3-4-13(15)18/h2-7H,9,18H2,1H3. The summed E-state index contributed by atoms with van der Waals surface area (Å²) in [6.07, 6.45) is 0. The Morgan fingerprint density at radius 3 is 2.70 bits per heavy atom. The lowest BCUT2D eigenvalue weighted by molar-refractivity contribution is 0.298. The van der Waals surface area contributed by atoms with Crippen molar-refractivity contribution in [3.63, 3.8) is 0 Å². The van der Waals surface area contributed by atoms with Gasteiger partial charge in [-0.2, -0.15) is 5.26 Å². The minimum absolute atomic E-state index is 0.239. The molecule has 20 heavy (non-hydrogen) atoms. The molecule has 0 amide bonds. The highest BCUT2D eigenvalue weighted by Gasteiger charge is 2.07. The van der Waals surface area contributed by atoms with Crippen LogP contribution in [0.3, 0.4) is 0 Å². The van der Waals surface area contributed by atoms with Crippen molar-refractivity contribution in [3.05, 3.63) is 52.5 Å². The number of rotatable bonds is 4. The highest BCUT2D eigenvalue weighted by molar-refractivity contribution is 6.30. The average Bonchev–Trinajstić information content (AvgIpc) is 2.47. The molecule has 0 heterocycles. The van der Waals surface area contributed by atoms with Gasteiger partial charge in [0.05, 0.1) is 24.4 Å². The Hall–Kier alpha value is -2.38. The zero-order chi connectivity index (χ0) is 14.5. The van der Waals surface area contributed by atoms with Crippen LogP contribution >= 0.6 is 11.6 Å². The smallest absolute Gasteiger partial charge is 0.144 e. The molecular weight excluding hydrogens is 276 g/mol. The van der Waals surface area contributed by atoms with Crippen LogP contribution in [0.1, 0.15) is 11.1 Å². The van der Waals surface area contributed by atoms with E-state index in [1.807, 2.05) is 0 Å². The summed E-state index contributed by atoms with van der Waals surface area (Å²) in [6.45, 7) is 0.239. The number of nitrogens with zero attached hydrogens (tertiary/aromatic N) is 1. The summed E-state index contributed by atoms with van der Waals surface area (Å²) >= 11 is 5.90. The summed E-state index contributed by atoms with van der Waals surface area (Å²) in [5.74, 6) is 1.16. The van der Waals surface area contributed by atoms with Crippen LogP contribution in [0, 0.1) is 11.3 Å². The normalized spacial score (nSPS) is 9.85. The van der Waals surface area contributed by atoms with Gasteiger partial charge in [-0.15, -0.1) is 0 Å². The topological polar surface area (TPSA) is 68.3 Å². The molecule has 0 aliphatic heterocycles. The van der Waals surface area contributed by atoms with E-state index in [2.05, 4.69) is 6.07 Å². The molecule has 2 aromatic carbocycles. The first kappa shape index (κ1) is 14.0. The Bertz CT molecular complexity index is 665. The van der Waals surface area contributed by atoms with Crippen LogP contribution in [0.15, 0.2) is 36.4 Å². The zero-order valence-corrected chi connectivity index (χ0v) is 11.6. The van der Waals surface area contributed by atoms with Crippen molar-refractivity contribution in [2.24, 2.45) is 0 Å². The number of hydrogen-bond donors (Lipinski definition) is 1. The van der Waals surface area contributed by atoms with E-state index in [4.69, 9.17) is 32.1 Å². The average molecular weight is 289 g/mol. The van der Waals surface area contributed by atoms with E-state index in [1.165, 1.54) is 0 Å². The third-order valence-corrected chi connectivity index (χ3v) is 3.00. The molecular formula is C15H13ClN2O2. The number of ether oxygens (including phenoxy) is 2. The third-order valence-electron chi connectivity index (χ3n) is 2.77. The largest absolute Gasteiger partial charge is 0.496 e. The van der Waals surface area contributed by atoms with Crippen LogP contribution in [-0.2, 0) is 6.61 Å². The van der Waals surface area contributed by atoms with Crippen molar-refractivity contribution in [2.45, 2.75) is 6.61 Å². The number of hydrogen-bond acceptors (Lipinski definition) is 4. The van der Waals surface area contributed by atoms with Crippen molar-refractivity contribution in [1.82, 2.24) is 0 Å². The fourth-order valence-electron chi connectivity index (χ4n) is 1.75. The van der Waals surface area contributed by atoms with Gasteiger partial charge in [-0.05, 0) is 30.3 Å². The lowest BCUT2D eigenvalue weighted by Crippen LogP contribution is -2.01. The molecule has 0 saturated carbocycles. The van der Waals surface area contributed by atoms with Crippen LogP contribution in [-0.4, -0.2) is 7.11 Å². The second-order valence-electron chi connectivity index (χ2n) is 4.11. The second kappa shape index (κ2) is 6.18. The highest BCUT2D eigenvalue weighted by Crippen LogP contribution is 2.28. The predicted octanol–water partition coefficient (Wildman–Crippen LogP) is 3.38. The predicted molar refractivity (Wildman–Crippen MR) is 77.9 cm³/mol. The molecule has 0 fully saturated rings. The van der Waals surface area contributed by atoms with Gasteiger partial charge >= 0.3 is 0 Å². The molecule has 4 nitrogen and oxygen atoms in total. The minimum Gasteiger partial charge on any atom is -0.496 e. The fourth-order valence-corrected chi connectivity index (χ4v) is 1.91. The Morgan fingerprint density at radius 2 is 2.00 bits per heavy atom. The van der Waals surface area contributed by atoms with Crippen LogP contribution < -0.4 is 15.2 Å². The Morgan fingerprint density at radius 1 is 1.20 bits per heavy atom. The summed E-state index contributed by atoms with van der Waals surface area (Å²) < 4.78 is 10.9. The highest BCUT2D eigenvalue weighted by atomic mass is 35.5. The molecule has 0 saturated heterocycles. The Kier molecular flexibility index (Phi) is 4.34. The fraction of sp³-hybridized carbons (Fsp3) is 0.133. The molecule has 0 atom stereocenters. The molecule has 0 bridgehead atoms. The number of halogens is 1. The van der Waals surface area contributed by atoms with E-state index in [-0.39, 0.29) is 6.61 Å². The number of nitrogens with two attached hydrogens (primary N) is 1. The van der Waals surface area contributed by atoms with Crippen molar-refractivity contribution >= 4 is 17.3 Å². The van der Waals surface area contributed by atoms with Crippen LogP contribution in [0.25, 0.3) is 0 Å². The summed E-state index contributed by atoms with van der Waals surface area (Å²) in [4.78, 5) is 0. The van der Waals surface area contributed by atoms with Gasteiger partial charge in [0.1, 0.15) is 18.1 Å². The molecule has 2 rings (SSSR count). The third kappa shape index (κ3) is 3.14. The van der Waals surface area contributed by atoms with Gasteiger partial charge in [0.2, 0.25) is 0 Å². The lowest BCUT2D eigenvalue weighted by atomic mass is 10.1. The van der Waals surface area contributed by atoms with Crippen molar-refractivity contribution < 1.29 is 9.47 Å². The van der Waals surface area contributed by atoms with Crippen molar-refractivity contribution in [2.75, 3.05) is 12.8 Å². The summed E-state index contributed by atoms with van der Waals surface area (Å²) in [5.41, 5.74) is 7.63. The molecule has 0 spiro atoms. The molecule has 2 aromatic rings. The quantitative estimate of drug-likeness (QED) is 0.876. The maximum absolute atomic E-state index is 8.92. The Balaban J connectivity index is 2.22. The lowest BCUT2D eigenvalue weighted by Gasteiger charge is -2.12. The Labute approximate surface area is 122 Å². The van der Waals surface area contributed by atoms with Gasteiger partial charge in [-0.25, -0.2) is 0 Å². The van der Waals surface area contributed by atoms with E-state index < -0.39 is 0 Å². The van der Waals surface area contributed by atoms with Crippen molar-refractivity contribution in [1.29, 1.82) is 5.26 Å². The van der Waals surface area contributed by atoms with Gasteiger partial charge in [-0.1, -0.05) is 11.6 Å². The van der Waals surface area contributed by atoms with Gasteiger partial charge in [0, 0.05) is 16.7 Å².